The number of ether oxygens (including phenoxy) is 1. The van der Waals surface area contributed by atoms with E-state index in [0.29, 0.717) is 11.4 Å². The first kappa shape index (κ1) is 21.6. The van der Waals surface area contributed by atoms with Crippen LogP contribution in [0.2, 0.25) is 0 Å². The van der Waals surface area contributed by atoms with Crippen LogP contribution in [0.25, 0.3) is 0 Å². The first-order valence-corrected chi connectivity index (χ1v) is 11.5. The van der Waals surface area contributed by atoms with Crippen molar-refractivity contribution in [2.75, 3.05) is 38.6 Å². The fraction of sp³-hybridized carbons (Fsp3) is 0.320. The van der Waals surface area contributed by atoms with Crippen molar-refractivity contribution in [3.63, 3.8) is 0 Å². The van der Waals surface area contributed by atoms with E-state index in [-0.39, 0.29) is 11.9 Å². The number of rotatable bonds is 7. The van der Waals surface area contributed by atoms with Gasteiger partial charge in [-0.05, 0) is 41.6 Å². The summed E-state index contributed by atoms with van der Waals surface area (Å²) >= 11 is 1.80. The Bertz CT molecular complexity index is 983. The Morgan fingerprint density at radius 2 is 1.84 bits per heavy atom. The molecule has 1 saturated heterocycles. The molecule has 0 unspecified atom stereocenters. The second-order valence-corrected chi connectivity index (χ2v) is 8.93. The molecule has 0 aliphatic carbocycles. The van der Waals surface area contributed by atoms with Crippen molar-refractivity contribution in [2.45, 2.75) is 19.5 Å². The highest BCUT2D eigenvalue weighted by atomic mass is 32.1. The molecule has 1 aliphatic rings. The molecule has 1 aliphatic heterocycles. The molecule has 162 valence electrons. The number of nitrogens with one attached hydrogen (secondary N) is 1. The van der Waals surface area contributed by atoms with Crippen LogP contribution in [-0.4, -0.2) is 49.0 Å². The third-order valence-corrected chi connectivity index (χ3v) is 6.57. The molecule has 5 nitrogen and oxygen atoms in total. The van der Waals surface area contributed by atoms with Crippen LogP contribution in [0.3, 0.4) is 0 Å². The second-order valence-electron chi connectivity index (χ2n) is 7.90. The summed E-state index contributed by atoms with van der Waals surface area (Å²) in [4.78, 5) is 19.6. The largest absolute Gasteiger partial charge is 0.495 e. The molecule has 1 amide bonds. The molecule has 1 fully saturated rings. The van der Waals surface area contributed by atoms with Crippen molar-refractivity contribution in [1.82, 2.24) is 9.80 Å². The number of carbonyl (C=O) groups excluding carboxylic acids is 1. The lowest BCUT2D eigenvalue weighted by molar-refractivity contribution is -0.122. The summed E-state index contributed by atoms with van der Waals surface area (Å²) in [7, 11) is 1.63. The number of aryl methyl sites for hydroxylation is 1. The summed E-state index contributed by atoms with van der Waals surface area (Å²) in [6.45, 7) is 6.59. The maximum atomic E-state index is 13.5. The molecule has 0 radical (unpaired) electrons. The Labute approximate surface area is 188 Å². The summed E-state index contributed by atoms with van der Waals surface area (Å²) in [6, 6.07) is 19.8. The van der Waals surface area contributed by atoms with E-state index in [9.17, 15) is 4.79 Å². The third-order valence-electron chi connectivity index (χ3n) is 5.71. The quantitative estimate of drug-likeness (QED) is 0.591. The van der Waals surface area contributed by atoms with Gasteiger partial charge < -0.3 is 10.1 Å². The van der Waals surface area contributed by atoms with Gasteiger partial charge >= 0.3 is 0 Å². The standard InChI is InChI=1S/C25H29N3O2S/c1-19-10-11-23(30-2)22(17-19)26-25(29)24(20-7-4-3-5-8-20)28-14-12-27(13-15-28)18-21-9-6-16-31-21/h3-11,16-17,24H,12-15,18H2,1-2H3,(H,26,29)/t24-/m0/s1. The minimum absolute atomic E-state index is 0.0261. The number of hydrogen-bond donors (Lipinski definition) is 1. The molecule has 0 bridgehead atoms. The minimum atomic E-state index is -0.338. The first-order valence-electron chi connectivity index (χ1n) is 10.6. The van der Waals surface area contributed by atoms with Crippen LogP contribution in [0.5, 0.6) is 5.75 Å². The highest BCUT2D eigenvalue weighted by Gasteiger charge is 2.31. The van der Waals surface area contributed by atoms with Gasteiger partial charge in [0.05, 0.1) is 12.8 Å². The van der Waals surface area contributed by atoms with E-state index < -0.39 is 0 Å². The fourth-order valence-corrected chi connectivity index (χ4v) is 4.83. The number of benzene rings is 2. The molecule has 0 saturated carbocycles. The van der Waals surface area contributed by atoms with Gasteiger partial charge in [0.25, 0.3) is 0 Å². The van der Waals surface area contributed by atoms with Gasteiger partial charge in [-0.15, -0.1) is 11.3 Å². The average Bonchev–Trinajstić information content (AvgIpc) is 3.29. The molecule has 4 rings (SSSR count). The minimum Gasteiger partial charge on any atom is -0.495 e. The van der Waals surface area contributed by atoms with Crippen molar-refractivity contribution in [3.8, 4) is 5.75 Å². The lowest BCUT2D eigenvalue weighted by atomic mass is 10.0. The van der Waals surface area contributed by atoms with Crippen LogP contribution in [-0.2, 0) is 11.3 Å². The van der Waals surface area contributed by atoms with Crippen LogP contribution in [0.15, 0.2) is 66.0 Å². The summed E-state index contributed by atoms with van der Waals surface area (Å²) in [5.74, 6) is 0.647. The molecule has 2 heterocycles. The van der Waals surface area contributed by atoms with Gasteiger partial charge in [-0.25, -0.2) is 0 Å². The van der Waals surface area contributed by atoms with Crippen LogP contribution in [0.4, 0.5) is 5.69 Å². The van der Waals surface area contributed by atoms with Gasteiger partial charge in [0, 0.05) is 37.6 Å². The highest BCUT2D eigenvalue weighted by Crippen LogP contribution is 2.29. The third kappa shape index (κ3) is 5.34. The number of nitrogens with zero attached hydrogens (tertiary/aromatic N) is 2. The highest BCUT2D eigenvalue weighted by molar-refractivity contribution is 7.09. The van der Waals surface area contributed by atoms with E-state index in [0.717, 1.165) is 43.9 Å². The zero-order valence-electron chi connectivity index (χ0n) is 18.1. The van der Waals surface area contributed by atoms with Gasteiger partial charge in [0.2, 0.25) is 5.91 Å². The fourth-order valence-electron chi connectivity index (χ4n) is 4.09. The Morgan fingerprint density at radius 1 is 1.06 bits per heavy atom. The van der Waals surface area contributed by atoms with Crippen molar-refractivity contribution in [1.29, 1.82) is 0 Å². The number of amides is 1. The Kier molecular flexibility index (Phi) is 7.02. The van der Waals surface area contributed by atoms with E-state index in [2.05, 4.69) is 32.6 Å². The number of methoxy groups -OCH3 is 1. The maximum Gasteiger partial charge on any atom is 0.246 e. The lowest BCUT2D eigenvalue weighted by Gasteiger charge is -2.38. The molecular weight excluding hydrogens is 406 g/mol. The van der Waals surface area contributed by atoms with Crippen molar-refractivity contribution >= 4 is 22.9 Å². The smallest absolute Gasteiger partial charge is 0.246 e. The topological polar surface area (TPSA) is 44.8 Å². The molecule has 1 atom stereocenters. The molecule has 1 aromatic heterocycles. The monoisotopic (exact) mass is 435 g/mol. The van der Waals surface area contributed by atoms with Crippen LogP contribution in [0.1, 0.15) is 22.0 Å². The van der Waals surface area contributed by atoms with Crippen molar-refractivity contribution in [3.05, 3.63) is 82.0 Å². The lowest BCUT2D eigenvalue weighted by Crippen LogP contribution is -2.49. The normalized spacial score (nSPS) is 16.1. The summed E-state index contributed by atoms with van der Waals surface area (Å²) in [6.07, 6.45) is 0. The van der Waals surface area contributed by atoms with E-state index in [1.54, 1.807) is 18.4 Å². The second kappa shape index (κ2) is 10.1. The number of carbonyl (C=O) groups is 1. The molecule has 6 heteroatoms. The Balaban J connectivity index is 1.50. The van der Waals surface area contributed by atoms with Crippen LogP contribution < -0.4 is 10.1 Å². The van der Waals surface area contributed by atoms with E-state index in [4.69, 9.17) is 4.74 Å². The molecule has 0 spiro atoms. The summed E-state index contributed by atoms with van der Waals surface area (Å²) < 4.78 is 5.46. The molecule has 1 N–H and O–H groups in total. The Morgan fingerprint density at radius 3 is 2.52 bits per heavy atom. The molecule has 31 heavy (non-hydrogen) atoms. The average molecular weight is 436 g/mol. The van der Waals surface area contributed by atoms with Gasteiger partial charge in [-0.1, -0.05) is 42.5 Å². The van der Waals surface area contributed by atoms with E-state index in [1.807, 2.05) is 55.5 Å². The van der Waals surface area contributed by atoms with Crippen molar-refractivity contribution < 1.29 is 9.53 Å². The molecule has 3 aromatic rings. The maximum absolute atomic E-state index is 13.5. The van der Waals surface area contributed by atoms with Gasteiger partial charge in [-0.2, -0.15) is 0 Å². The van der Waals surface area contributed by atoms with Gasteiger partial charge in [0.1, 0.15) is 11.8 Å². The van der Waals surface area contributed by atoms with Crippen LogP contribution in [0, 0.1) is 6.92 Å². The van der Waals surface area contributed by atoms with Crippen LogP contribution >= 0.6 is 11.3 Å². The first-order chi connectivity index (χ1) is 15.1. The SMILES string of the molecule is COc1ccc(C)cc1NC(=O)[C@H](c1ccccc1)N1CCN(Cc2cccs2)CC1. The summed E-state index contributed by atoms with van der Waals surface area (Å²) in [5.41, 5.74) is 2.80. The number of hydrogen-bond acceptors (Lipinski definition) is 5. The zero-order chi connectivity index (χ0) is 21.6. The van der Waals surface area contributed by atoms with Crippen molar-refractivity contribution in [2.24, 2.45) is 0 Å². The predicted octanol–water partition coefficient (Wildman–Crippen LogP) is 4.56. The zero-order valence-corrected chi connectivity index (χ0v) is 18.9. The number of thiophene rings is 1. The predicted molar refractivity (Wildman–Crippen MR) is 127 cm³/mol. The van der Waals surface area contributed by atoms with E-state index >= 15 is 0 Å². The van der Waals surface area contributed by atoms with Gasteiger partial charge in [-0.3, -0.25) is 14.6 Å². The Hall–Kier alpha value is -2.67. The molecule has 2 aromatic carbocycles. The van der Waals surface area contributed by atoms with E-state index in [1.165, 1.54) is 4.88 Å². The molecular formula is C25H29N3O2S. The number of anilines is 1. The summed E-state index contributed by atoms with van der Waals surface area (Å²) in [5, 5.41) is 5.25. The van der Waals surface area contributed by atoms with Gasteiger partial charge in [0.15, 0.2) is 0 Å². The number of piperazine rings is 1.